The summed E-state index contributed by atoms with van der Waals surface area (Å²) in [7, 11) is 0. The normalized spacial score (nSPS) is 11.6. The lowest BCUT2D eigenvalue weighted by molar-refractivity contribution is -0.314. The average molecular weight is 255 g/mol. The smallest absolute Gasteiger partial charge is 0.163 e. The number of benzene rings is 2. The molecule has 4 heteroatoms. The summed E-state index contributed by atoms with van der Waals surface area (Å²) >= 11 is 0. The van der Waals surface area contributed by atoms with Crippen LogP contribution in [0.2, 0.25) is 0 Å². The van der Waals surface area contributed by atoms with Crippen molar-refractivity contribution in [3.05, 3.63) is 65.7 Å². The van der Waals surface area contributed by atoms with Crippen molar-refractivity contribution < 1.29 is 19.4 Å². The van der Waals surface area contributed by atoms with E-state index in [-0.39, 0.29) is 0 Å². The molecule has 0 unspecified atom stereocenters. The summed E-state index contributed by atoms with van der Waals surface area (Å²) in [5.74, 6) is -0.950. The molecule has 0 amide bonds. The van der Waals surface area contributed by atoms with E-state index < -0.39 is 12.1 Å². The van der Waals surface area contributed by atoms with Gasteiger partial charge in [-0.2, -0.15) is 0 Å². The Morgan fingerprint density at radius 3 is 2.21 bits per heavy atom. The standard InChI is InChI=1S/C15H12O4/c16-10-11-6-8-13(9-7-11)19-14(15(17)18)12-4-2-1-3-5-12/h1-10,14H,(H,17,18)/p-1/t14-/m1/s1. The molecule has 0 heterocycles. The second kappa shape index (κ2) is 5.82. The minimum absolute atomic E-state index is 0.364. The Balaban J connectivity index is 2.21. The molecule has 0 N–H and O–H groups in total. The highest BCUT2D eigenvalue weighted by atomic mass is 16.5. The van der Waals surface area contributed by atoms with Gasteiger partial charge in [0.2, 0.25) is 0 Å². The Kier molecular flexibility index (Phi) is 3.93. The van der Waals surface area contributed by atoms with Gasteiger partial charge in [0, 0.05) is 5.56 Å². The number of carboxylic acids is 1. The molecule has 0 saturated carbocycles. The first kappa shape index (κ1) is 12.8. The second-order valence-corrected chi connectivity index (χ2v) is 3.91. The zero-order valence-electron chi connectivity index (χ0n) is 9.98. The van der Waals surface area contributed by atoms with Gasteiger partial charge < -0.3 is 14.6 Å². The van der Waals surface area contributed by atoms with Crippen LogP contribution < -0.4 is 9.84 Å². The highest BCUT2D eigenvalue weighted by molar-refractivity contribution is 5.75. The van der Waals surface area contributed by atoms with Gasteiger partial charge in [0.1, 0.15) is 12.0 Å². The Morgan fingerprint density at radius 2 is 1.68 bits per heavy atom. The van der Waals surface area contributed by atoms with Crippen LogP contribution in [0.1, 0.15) is 22.0 Å². The lowest BCUT2D eigenvalue weighted by Gasteiger charge is -2.20. The predicted molar refractivity (Wildman–Crippen MR) is 66.6 cm³/mol. The van der Waals surface area contributed by atoms with Crippen LogP contribution in [0.4, 0.5) is 0 Å². The average Bonchev–Trinajstić information content (AvgIpc) is 2.46. The zero-order valence-corrected chi connectivity index (χ0v) is 9.98. The number of aldehydes is 1. The van der Waals surface area contributed by atoms with Gasteiger partial charge in [0.05, 0.1) is 5.97 Å². The van der Waals surface area contributed by atoms with Crippen molar-refractivity contribution in [2.24, 2.45) is 0 Å². The summed E-state index contributed by atoms with van der Waals surface area (Å²) in [5.41, 5.74) is 0.999. The number of hydrogen-bond acceptors (Lipinski definition) is 4. The van der Waals surface area contributed by atoms with Gasteiger partial charge in [-0.15, -0.1) is 0 Å². The van der Waals surface area contributed by atoms with E-state index in [9.17, 15) is 14.7 Å². The lowest BCUT2D eigenvalue weighted by atomic mass is 10.1. The third-order valence-electron chi connectivity index (χ3n) is 2.59. The van der Waals surface area contributed by atoms with Crippen LogP contribution in [0.15, 0.2) is 54.6 Å². The van der Waals surface area contributed by atoms with Crippen molar-refractivity contribution >= 4 is 12.3 Å². The lowest BCUT2D eigenvalue weighted by Crippen LogP contribution is -2.33. The van der Waals surface area contributed by atoms with Crippen LogP contribution in [-0.2, 0) is 4.79 Å². The fraction of sp³-hybridized carbons (Fsp3) is 0.0667. The molecule has 2 aromatic carbocycles. The number of ether oxygens (including phenoxy) is 1. The van der Waals surface area contributed by atoms with E-state index in [1.165, 1.54) is 0 Å². The molecular formula is C15H11O4-. The summed E-state index contributed by atoms with van der Waals surface area (Å²) in [6, 6.07) is 14.7. The minimum Gasteiger partial charge on any atom is -0.546 e. The predicted octanol–water partition coefficient (Wildman–Crippen LogP) is 1.37. The van der Waals surface area contributed by atoms with E-state index in [4.69, 9.17) is 4.74 Å². The van der Waals surface area contributed by atoms with E-state index in [0.717, 1.165) is 0 Å². The molecule has 19 heavy (non-hydrogen) atoms. The molecule has 0 bridgehead atoms. The number of carbonyl (C=O) groups excluding carboxylic acids is 2. The molecule has 2 aromatic rings. The molecule has 0 radical (unpaired) electrons. The molecular weight excluding hydrogens is 244 g/mol. The van der Waals surface area contributed by atoms with Crippen LogP contribution in [0.25, 0.3) is 0 Å². The molecule has 0 saturated heterocycles. The molecule has 0 fully saturated rings. The van der Waals surface area contributed by atoms with Gasteiger partial charge in [-0.3, -0.25) is 4.79 Å². The van der Waals surface area contributed by atoms with Crippen molar-refractivity contribution in [1.29, 1.82) is 0 Å². The maximum absolute atomic E-state index is 11.1. The van der Waals surface area contributed by atoms with Gasteiger partial charge in [0.25, 0.3) is 0 Å². The van der Waals surface area contributed by atoms with Crippen molar-refractivity contribution in [2.45, 2.75) is 6.10 Å². The Hall–Kier alpha value is -2.62. The second-order valence-electron chi connectivity index (χ2n) is 3.91. The van der Waals surface area contributed by atoms with Gasteiger partial charge in [-0.1, -0.05) is 30.3 Å². The molecule has 2 rings (SSSR count). The third kappa shape index (κ3) is 3.19. The first-order chi connectivity index (χ1) is 9.20. The fourth-order valence-corrected chi connectivity index (χ4v) is 1.64. The van der Waals surface area contributed by atoms with Gasteiger partial charge in [0.15, 0.2) is 6.10 Å². The minimum atomic E-state index is -1.31. The van der Waals surface area contributed by atoms with E-state index in [2.05, 4.69) is 0 Å². The molecule has 0 aliphatic rings. The Morgan fingerprint density at radius 1 is 1.05 bits per heavy atom. The van der Waals surface area contributed by atoms with Crippen LogP contribution in [0, 0.1) is 0 Å². The highest BCUT2D eigenvalue weighted by Crippen LogP contribution is 2.21. The summed E-state index contributed by atoms with van der Waals surface area (Å²) in [5, 5.41) is 11.1. The molecule has 0 spiro atoms. The fourth-order valence-electron chi connectivity index (χ4n) is 1.64. The number of carboxylic acid groups (broad SMARTS) is 1. The number of aliphatic carboxylic acids is 1. The summed E-state index contributed by atoms with van der Waals surface area (Å²) in [6.07, 6.45) is -0.472. The monoisotopic (exact) mass is 255 g/mol. The van der Waals surface area contributed by atoms with Crippen LogP contribution >= 0.6 is 0 Å². The van der Waals surface area contributed by atoms with E-state index in [1.54, 1.807) is 54.6 Å². The maximum Gasteiger partial charge on any atom is 0.163 e. The van der Waals surface area contributed by atoms with Gasteiger partial charge in [-0.05, 0) is 29.8 Å². The van der Waals surface area contributed by atoms with Crippen LogP contribution in [-0.4, -0.2) is 12.3 Å². The Bertz CT molecular complexity index is 560. The number of rotatable bonds is 5. The SMILES string of the molecule is O=Cc1ccc(O[C@@H](C(=O)[O-])c2ccccc2)cc1. The molecule has 0 aromatic heterocycles. The first-order valence-corrected chi connectivity index (χ1v) is 5.68. The quantitative estimate of drug-likeness (QED) is 0.757. The van der Waals surface area contributed by atoms with E-state index in [0.29, 0.717) is 23.2 Å². The van der Waals surface area contributed by atoms with Gasteiger partial charge in [-0.25, -0.2) is 0 Å². The van der Waals surface area contributed by atoms with Crippen molar-refractivity contribution in [2.75, 3.05) is 0 Å². The molecule has 4 nitrogen and oxygen atoms in total. The number of hydrogen-bond donors (Lipinski definition) is 0. The molecule has 0 aliphatic heterocycles. The third-order valence-corrected chi connectivity index (χ3v) is 2.59. The number of carbonyl (C=O) groups is 2. The maximum atomic E-state index is 11.1. The highest BCUT2D eigenvalue weighted by Gasteiger charge is 2.14. The molecule has 0 aliphatic carbocycles. The van der Waals surface area contributed by atoms with Crippen LogP contribution in [0.3, 0.4) is 0 Å². The largest absolute Gasteiger partial charge is 0.546 e. The van der Waals surface area contributed by atoms with Gasteiger partial charge >= 0.3 is 0 Å². The van der Waals surface area contributed by atoms with Crippen molar-refractivity contribution in [3.63, 3.8) is 0 Å². The molecule has 96 valence electrons. The molecule has 1 atom stereocenters. The van der Waals surface area contributed by atoms with Crippen LogP contribution in [0.5, 0.6) is 5.75 Å². The Labute approximate surface area is 110 Å². The summed E-state index contributed by atoms with van der Waals surface area (Å²) in [4.78, 5) is 21.7. The zero-order chi connectivity index (χ0) is 13.7. The summed E-state index contributed by atoms with van der Waals surface area (Å²) < 4.78 is 5.38. The summed E-state index contributed by atoms with van der Waals surface area (Å²) in [6.45, 7) is 0. The first-order valence-electron chi connectivity index (χ1n) is 5.68. The van der Waals surface area contributed by atoms with Crippen molar-refractivity contribution in [1.82, 2.24) is 0 Å². The van der Waals surface area contributed by atoms with E-state index >= 15 is 0 Å². The van der Waals surface area contributed by atoms with Crippen molar-refractivity contribution in [3.8, 4) is 5.75 Å². The van der Waals surface area contributed by atoms with E-state index in [1.807, 2.05) is 0 Å². The topological polar surface area (TPSA) is 66.4 Å².